The number of alkyl carbamates (subject to hydrolysis) is 1. The van der Waals surface area contributed by atoms with Crippen LogP contribution in [-0.4, -0.2) is 83.2 Å². The highest BCUT2D eigenvalue weighted by Gasteiger charge is 2.31. The fourth-order valence-corrected chi connectivity index (χ4v) is 5.26. The lowest BCUT2D eigenvalue weighted by atomic mass is 9.88. The first-order valence-electron chi connectivity index (χ1n) is 13.0. The van der Waals surface area contributed by atoms with Gasteiger partial charge in [0.25, 0.3) is 0 Å². The Hall–Kier alpha value is -2.07. The normalized spacial score (nSPS) is 21.9. The molecule has 9 nitrogen and oxygen atoms in total. The second kappa shape index (κ2) is 15.2. The third-order valence-electron chi connectivity index (χ3n) is 6.99. The third-order valence-corrected chi connectivity index (χ3v) is 7.22. The molecule has 0 bridgehead atoms. The molecule has 0 aromatic heterocycles. The van der Waals surface area contributed by atoms with Gasteiger partial charge in [0.15, 0.2) is 0 Å². The van der Waals surface area contributed by atoms with Crippen molar-refractivity contribution < 1.29 is 23.8 Å². The molecule has 2 aliphatic rings. The molecule has 3 N–H and O–H groups in total. The van der Waals surface area contributed by atoms with Crippen LogP contribution in [0.15, 0.2) is 24.3 Å². The van der Waals surface area contributed by atoms with Gasteiger partial charge in [-0.15, -0.1) is 0 Å². The molecule has 0 spiro atoms. The van der Waals surface area contributed by atoms with E-state index < -0.39 is 6.09 Å². The average Bonchev–Trinajstić information content (AvgIpc) is 2.91. The Morgan fingerprint density at radius 1 is 1.25 bits per heavy atom. The predicted molar refractivity (Wildman–Crippen MR) is 139 cm³/mol. The summed E-state index contributed by atoms with van der Waals surface area (Å²) in [6.07, 6.45) is 4.38. The Morgan fingerprint density at radius 3 is 2.83 bits per heavy atom. The van der Waals surface area contributed by atoms with E-state index in [1.165, 1.54) is 13.5 Å². The Labute approximate surface area is 219 Å². The summed E-state index contributed by atoms with van der Waals surface area (Å²) < 4.78 is 16.5. The highest BCUT2D eigenvalue weighted by Crippen LogP contribution is 2.34. The Bertz CT molecular complexity index is 823. The number of amides is 3. The molecule has 1 aromatic carbocycles. The number of nitrogens with one attached hydrogen (secondary N) is 3. The van der Waals surface area contributed by atoms with Crippen molar-refractivity contribution in [2.75, 3.05) is 60.2 Å². The van der Waals surface area contributed by atoms with Gasteiger partial charge in [0.2, 0.25) is 0 Å². The molecule has 4 atom stereocenters. The van der Waals surface area contributed by atoms with E-state index in [2.05, 4.69) is 20.7 Å². The van der Waals surface area contributed by atoms with Crippen LogP contribution in [0.5, 0.6) is 0 Å². The van der Waals surface area contributed by atoms with Crippen LogP contribution in [0.1, 0.15) is 43.8 Å². The van der Waals surface area contributed by atoms with Gasteiger partial charge in [-0.25, -0.2) is 9.59 Å². The summed E-state index contributed by atoms with van der Waals surface area (Å²) in [7, 11) is 3.27. The second-order valence-electron chi connectivity index (χ2n) is 9.60. The molecule has 2 fully saturated rings. The first-order chi connectivity index (χ1) is 17.5. The van der Waals surface area contributed by atoms with Crippen LogP contribution in [0.4, 0.5) is 9.59 Å². The molecule has 2 heterocycles. The van der Waals surface area contributed by atoms with Crippen molar-refractivity contribution in [3.63, 3.8) is 0 Å². The molecule has 0 unspecified atom stereocenters. The minimum Gasteiger partial charge on any atom is -0.453 e. The number of ether oxygens (including phenoxy) is 3. The number of rotatable bonds is 11. The van der Waals surface area contributed by atoms with Crippen molar-refractivity contribution >= 4 is 23.7 Å². The number of likely N-dealkylation sites (N-methyl/N-ethyl adjacent to an activating group) is 1. The number of halogens is 1. The highest BCUT2D eigenvalue weighted by molar-refractivity contribution is 6.30. The number of benzene rings is 1. The van der Waals surface area contributed by atoms with Gasteiger partial charge in [-0.3, -0.25) is 0 Å². The summed E-state index contributed by atoms with van der Waals surface area (Å²) in [5.74, 6) is 0.650. The van der Waals surface area contributed by atoms with E-state index in [4.69, 9.17) is 21.1 Å². The zero-order valence-corrected chi connectivity index (χ0v) is 22.2. The number of hydrogen-bond donors (Lipinski definition) is 3. The van der Waals surface area contributed by atoms with Crippen molar-refractivity contribution in [2.24, 2.45) is 11.8 Å². The minimum atomic E-state index is -0.491. The first kappa shape index (κ1) is 28.5. The van der Waals surface area contributed by atoms with Crippen LogP contribution in [0, 0.1) is 11.8 Å². The van der Waals surface area contributed by atoms with Gasteiger partial charge in [-0.2, -0.15) is 0 Å². The van der Waals surface area contributed by atoms with Gasteiger partial charge in [0, 0.05) is 56.4 Å². The molecule has 1 aromatic rings. The van der Waals surface area contributed by atoms with Gasteiger partial charge in [0.1, 0.15) is 0 Å². The number of likely N-dealkylation sites (tertiary alicyclic amines) is 1. The summed E-state index contributed by atoms with van der Waals surface area (Å²) in [5, 5.41) is 9.76. The van der Waals surface area contributed by atoms with Crippen molar-refractivity contribution in [3.8, 4) is 0 Å². The summed E-state index contributed by atoms with van der Waals surface area (Å²) >= 11 is 6.27. The quantitative estimate of drug-likeness (QED) is 0.382. The summed E-state index contributed by atoms with van der Waals surface area (Å²) in [5.41, 5.74) is 0.970. The topological polar surface area (TPSA) is 101 Å². The van der Waals surface area contributed by atoms with E-state index in [1.807, 2.05) is 36.2 Å². The molecule has 0 radical (unpaired) electrons. The largest absolute Gasteiger partial charge is 0.453 e. The molecular weight excluding hydrogens is 484 g/mol. The van der Waals surface area contributed by atoms with E-state index >= 15 is 0 Å². The van der Waals surface area contributed by atoms with Crippen molar-refractivity contribution in [3.05, 3.63) is 34.9 Å². The zero-order valence-electron chi connectivity index (χ0n) is 21.5. The van der Waals surface area contributed by atoms with Crippen molar-refractivity contribution in [1.82, 2.24) is 20.9 Å². The van der Waals surface area contributed by atoms with Crippen LogP contribution < -0.4 is 16.0 Å². The molecule has 202 valence electrons. The van der Waals surface area contributed by atoms with Crippen LogP contribution in [-0.2, 0) is 14.2 Å². The fraction of sp³-hybridized carbons (Fsp3) is 0.692. The van der Waals surface area contributed by atoms with Crippen LogP contribution in [0.3, 0.4) is 0 Å². The smallest absolute Gasteiger partial charge is 0.406 e. The Balaban J connectivity index is 1.56. The number of piperidine rings is 1. The van der Waals surface area contributed by atoms with E-state index in [1.54, 1.807) is 0 Å². The molecule has 2 saturated heterocycles. The van der Waals surface area contributed by atoms with E-state index in [0.29, 0.717) is 37.2 Å². The number of urea groups is 1. The van der Waals surface area contributed by atoms with Gasteiger partial charge in [0.05, 0.1) is 19.8 Å². The first-order valence-corrected chi connectivity index (χ1v) is 13.3. The monoisotopic (exact) mass is 524 g/mol. The molecule has 10 heteroatoms. The summed E-state index contributed by atoms with van der Waals surface area (Å²) in [6.45, 7) is 4.21. The Morgan fingerprint density at radius 2 is 2.11 bits per heavy atom. The van der Waals surface area contributed by atoms with Crippen LogP contribution in [0.25, 0.3) is 0 Å². The molecule has 0 saturated carbocycles. The number of methoxy groups -OCH3 is 1. The number of hydrogen-bond acceptors (Lipinski definition) is 6. The van der Waals surface area contributed by atoms with E-state index in [0.717, 1.165) is 51.0 Å². The lowest BCUT2D eigenvalue weighted by molar-refractivity contribution is -0.00851. The number of carbonyl (C=O) groups is 2. The molecule has 3 amide bonds. The molecule has 3 rings (SSSR count). The van der Waals surface area contributed by atoms with Gasteiger partial charge < -0.3 is 35.1 Å². The van der Waals surface area contributed by atoms with Gasteiger partial charge in [-0.05, 0) is 62.8 Å². The number of carbonyl (C=O) groups excluding carboxylic acids is 2. The fourth-order valence-electron chi connectivity index (χ4n) is 5.06. The molecule has 0 aliphatic carbocycles. The third kappa shape index (κ3) is 9.10. The lowest BCUT2D eigenvalue weighted by Gasteiger charge is -2.37. The maximum absolute atomic E-state index is 13.1. The SMILES string of the molecule is CN[C@H](CNC(=O)N1CCC[C@H]([C@H](OCCNC(=O)OC)c2cccc(Cl)c2)C1)C[C@@H]1CCCOC1. The van der Waals surface area contributed by atoms with Gasteiger partial charge in [-0.1, -0.05) is 23.7 Å². The van der Waals surface area contributed by atoms with E-state index in [-0.39, 0.29) is 24.1 Å². The molecule has 36 heavy (non-hydrogen) atoms. The predicted octanol–water partition coefficient (Wildman–Crippen LogP) is 3.58. The highest BCUT2D eigenvalue weighted by atomic mass is 35.5. The zero-order chi connectivity index (χ0) is 25.8. The maximum atomic E-state index is 13.1. The standard InChI is InChI=1S/C26H41ClN4O5/c1-28-23(14-19-6-5-12-35-18-19)16-30-25(32)31-11-4-8-21(17-31)24(20-7-3-9-22(27)15-20)36-13-10-29-26(33)34-2/h3,7,9,15,19,21,23-24,28H,4-6,8,10-14,16-18H2,1-2H3,(H,29,33)(H,30,32)/t19-,21-,23-,24+/m0/s1. The molecular formula is C26H41ClN4O5. The van der Waals surface area contributed by atoms with Gasteiger partial charge >= 0.3 is 12.1 Å². The molecule has 2 aliphatic heterocycles. The number of nitrogens with zero attached hydrogens (tertiary/aromatic N) is 1. The van der Waals surface area contributed by atoms with Crippen molar-refractivity contribution in [2.45, 2.75) is 44.2 Å². The summed E-state index contributed by atoms with van der Waals surface area (Å²) in [4.78, 5) is 26.3. The Kier molecular flexibility index (Phi) is 12.1. The van der Waals surface area contributed by atoms with E-state index in [9.17, 15) is 9.59 Å². The van der Waals surface area contributed by atoms with Crippen LogP contribution >= 0.6 is 11.6 Å². The maximum Gasteiger partial charge on any atom is 0.406 e. The summed E-state index contributed by atoms with van der Waals surface area (Å²) in [6, 6.07) is 7.81. The second-order valence-corrected chi connectivity index (χ2v) is 10.0. The minimum absolute atomic E-state index is 0.0444. The lowest BCUT2D eigenvalue weighted by Crippen LogP contribution is -2.50. The van der Waals surface area contributed by atoms with Crippen LogP contribution in [0.2, 0.25) is 5.02 Å². The van der Waals surface area contributed by atoms with Crippen molar-refractivity contribution in [1.29, 1.82) is 0 Å². The average molecular weight is 525 g/mol.